The van der Waals surface area contributed by atoms with Gasteiger partial charge in [-0.3, -0.25) is 9.59 Å². The van der Waals surface area contributed by atoms with E-state index in [2.05, 4.69) is 16.0 Å². The molecule has 6 heteroatoms. The van der Waals surface area contributed by atoms with Crippen LogP contribution in [-0.2, 0) is 9.59 Å². The zero-order valence-corrected chi connectivity index (χ0v) is 14.6. The molecule has 2 aromatic rings. The van der Waals surface area contributed by atoms with E-state index in [-0.39, 0.29) is 11.8 Å². The van der Waals surface area contributed by atoms with Gasteiger partial charge in [0.25, 0.3) is 0 Å². The summed E-state index contributed by atoms with van der Waals surface area (Å²) in [6, 6.07) is 14.0. The lowest BCUT2D eigenvalue weighted by Crippen LogP contribution is -2.31. The number of hydrogen-bond acceptors (Lipinski definition) is 4. The smallest absolute Gasteiger partial charge is 0.246 e. The monoisotopic (exact) mass is 341 g/mol. The molecular formula is C19H23N3O3. The second-order valence-corrected chi connectivity index (χ2v) is 5.57. The van der Waals surface area contributed by atoms with Crippen molar-refractivity contribution in [3.05, 3.63) is 48.5 Å². The van der Waals surface area contributed by atoms with Gasteiger partial charge >= 0.3 is 0 Å². The van der Waals surface area contributed by atoms with Gasteiger partial charge in [0.1, 0.15) is 11.8 Å². The molecule has 0 spiro atoms. The lowest BCUT2D eigenvalue weighted by Gasteiger charge is -2.16. The molecule has 0 unspecified atom stereocenters. The van der Waals surface area contributed by atoms with Crippen molar-refractivity contribution in [3.63, 3.8) is 0 Å². The Balaban J connectivity index is 1.90. The highest BCUT2D eigenvalue weighted by molar-refractivity contribution is 5.96. The normalized spacial score (nSPS) is 11.3. The number of carbonyl (C=O) groups excluding carboxylic acids is 2. The number of ether oxygens (including phenoxy) is 1. The highest BCUT2D eigenvalue weighted by Crippen LogP contribution is 2.17. The van der Waals surface area contributed by atoms with E-state index in [1.807, 2.05) is 31.2 Å². The molecule has 0 saturated heterocycles. The molecule has 0 heterocycles. The molecule has 25 heavy (non-hydrogen) atoms. The first-order chi connectivity index (χ1) is 12.0. The molecule has 6 nitrogen and oxygen atoms in total. The first-order valence-corrected chi connectivity index (χ1v) is 8.16. The number of benzene rings is 2. The van der Waals surface area contributed by atoms with Crippen LogP contribution < -0.4 is 20.7 Å². The number of amides is 2. The predicted octanol–water partition coefficient (Wildman–Crippen LogP) is 3.48. The molecule has 0 aliphatic heterocycles. The second kappa shape index (κ2) is 8.73. The maximum Gasteiger partial charge on any atom is 0.246 e. The van der Waals surface area contributed by atoms with Gasteiger partial charge in [-0.05, 0) is 62.4 Å². The molecule has 1 atom stereocenters. The fourth-order valence-corrected chi connectivity index (χ4v) is 2.22. The van der Waals surface area contributed by atoms with E-state index in [4.69, 9.17) is 4.74 Å². The molecule has 0 bridgehead atoms. The third-order valence-electron chi connectivity index (χ3n) is 3.41. The molecule has 3 N–H and O–H groups in total. The molecule has 0 radical (unpaired) electrons. The molecule has 2 rings (SSSR count). The zero-order valence-electron chi connectivity index (χ0n) is 14.6. The number of nitrogens with one attached hydrogen (secondary N) is 3. The van der Waals surface area contributed by atoms with Crippen molar-refractivity contribution >= 4 is 28.9 Å². The molecule has 0 aliphatic rings. The maximum absolute atomic E-state index is 12.3. The summed E-state index contributed by atoms with van der Waals surface area (Å²) in [7, 11) is 0. The Kier molecular flexibility index (Phi) is 6.39. The molecule has 0 saturated carbocycles. The summed E-state index contributed by atoms with van der Waals surface area (Å²) in [5.74, 6) is 0.510. The van der Waals surface area contributed by atoms with Crippen LogP contribution in [0.4, 0.5) is 17.1 Å². The first-order valence-electron chi connectivity index (χ1n) is 8.16. The van der Waals surface area contributed by atoms with Crippen molar-refractivity contribution in [2.45, 2.75) is 26.8 Å². The van der Waals surface area contributed by atoms with E-state index < -0.39 is 6.04 Å². The molecule has 132 valence electrons. The summed E-state index contributed by atoms with van der Waals surface area (Å²) in [6.07, 6.45) is 0. The average molecular weight is 341 g/mol. The Morgan fingerprint density at radius 1 is 0.920 bits per heavy atom. The highest BCUT2D eigenvalue weighted by Gasteiger charge is 2.13. The van der Waals surface area contributed by atoms with Crippen LogP contribution in [0.1, 0.15) is 20.8 Å². The van der Waals surface area contributed by atoms with Crippen LogP contribution in [0.15, 0.2) is 48.5 Å². The molecule has 0 aromatic heterocycles. The Bertz CT molecular complexity index is 712. The minimum absolute atomic E-state index is 0.134. The average Bonchev–Trinajstić information content (AvgIpc) is 2.58. The summed E-state index contributed by atoms with van der Waals surface area (Å²) in [4.78, 5) is 23.3. The van der Waals surface area contributed by atoms with Gasteiger partial charge in [0.05, 0.1) is 6.61 Å². The zero-order chi connectivity index (χ0) is 18.2. The SMILES string of the molecule is CCOc1ccc(N[C@H](C)C(=O)Nc2ccc(NC(C)=O)cc2)cc1. The standard InChI is InChI=1S/C19H23N3O3/c1-4-25-18-11-9-15(10-12-18)20-13(2)19(24)22-17-7-5-16(6-8-17)21-14(3)23/h5-13,20H,4H2,1-3H3,(H,21,23)(H,22,24)/t13-/m1/s1. The number of anilines is 3. The fraction of sp³-hybridized carbons (Fsp3) is 0.263. The van der Waals surface area contributed by atoms with Gasteiger partial charge in [0.15, 0.2) is 0 Å². The Morgan fingerprint density at radius 2 is 1.44 bits per heavy atom. The van der Waals surface area contributed by atoms with E-state index in [1.54, 1.807) is 31.2 Å². The summed E-state index contributed by atoms with van der Waals surface area (Å²) in [5.41, 5.74) is 2.19. The number of rotatable bonds is 7. The minimum atomic E-state index is -0.409. The van der Waals surface area contributed by atoms with Crippen molar-refractivity contribution in [2.75, 3.05) is 22.6 Å². The van der Waals surface area contributed by atoms with Crippen LogP contribution in [0.5, 0.6) is 5.75 Å². The summed E-state index contributed by atoms with van der Waals surface area (Å²) >= 11 is 0. The van der Waals surface area contributed by atoms with Gasteiger partial charge in [0, 0.05) is 24.0 Å². The lowest BCUT2D eigenvalue weighted by atomic mass is 10.2. The number of carbonyl (C=O) groups is 2. The summed E-state index contributed by atoms with van der Waals surface area (Å²) in [5, 5.41) is 8.66. The van der Waals surface area contributed by atoms with Crippen LogP contribution in [0, 0.1) is 0 Å². The second-order valence-electron chi connectivity index (χ2n) is 5.57. The minimum Gasteiger partial charge on any atom is -0.494 e. The van der Waals surface area contributed by atoms with Crippen molar-refractivity contribution in [1.82, 2.24) is 0 Å². The first kappa shape index (κ1) is 18.3. The van der Waals surface area contributed by atoms with Gasteiger partial charge in [-0.15, -0.1) is 0 Å². The summed E-state index contributed by atoms with van der Waals surface area (Å²) < 4.78 is 5.39. The predicted molar refractivity (Wildman–Crippen MR) is 100 cm³/mol. The van der Waals surface area contributed by atoms with Crippen LogP contribution in [0.2, 0.25) is 0 Å². The van der Waals surface area contributed by atoms with Crippen LogP contribution >= 0.6 is 0 Å². The summed E-state index contributed by atoms with van der Waals surface area (Å²) in [6.45, 7) is 5.79. The van der Waals surface area contributed by atoms with Crippen molar-refractivity contribution < 1.29 is 14.3 Å². The third kappa shape index (κ3) is 5.84. The fourth-order valence-electron chi connectivity index (χ4n) is 2.22. The van der Waals surface area contributed by atoms with Gasteiger partial charge in [-0.2, -0.15) is 0 Å². The topological polar surface area (TPSA) is 79.5 Å². The van der Waals surface area contributed by atoms with Crippen molar-refractivity contribution in [1.29, 1.82) is 0 Å². The molecule has 2 amide bonds. The number of hydrogen-bond donors (Lipinski definition) is 3. The Morgan fingerprint density at radius 3 is 1.96 bits per heavy atom. The Labute approximate surface area is 147 Å². The lowest BCUT2D eigenvalue weighted by molar-refractivity contribution is -0.116. The molecule has 0 fully saturated rings. The van der Waals surface area contributed by atoms with Gasteiger partial charge in [-0.1, -0.05) is 0 Å². The van der Waals surface area contributed by atoms with Gasteiger partial charge in [0.2, 0.25) is 11.8 Å². The van der Waals surface area contributed by atoms with Gasteiger partial charge in [-0.25, -0.2) is 0 Å². The Hall–Kier alpha value is -3.02. The molecular weight excluding hydrogens is 318 g/mol. The van der Waals surface area contributed by atoms with Crippen molar-refractivity contribution in [3.8, 4) is 5.75 Å². The molecule has 2 aromatic carbocycles. The van der Waals surface area contributed by atoms with Crippen LogP contribution in [-0.4, -0.2) is 24.5 Å². The van der Waals surface area contributed by atoms with Crippen molar-refractivity contribution in [2.24, 2.45) is 0 Å². The van der Waals surface area contributed by atoms with Crippen LogP contribution in [0.25, 0.3) is 0 Å². The maximum atomic E-state index is 12.3. The molecule has 0 aliphatic carbocycles. The quantitative estimate of drug-likeness (QED) is 0.720. The highest BCUT2D eigenvalue weighted by atomic mass is 16.5. The van der Waals surface area contributed by atoms with E-state index in [1.165, 1.54) is 6.92 Å². The van der Waals surface area contributed by atoms with Gasteiger partial charge < -0.3 is 20.7 Å². The largest absolute Gasteiger partial charge is 0.494 e. The third-order valence-corrected chi connectivity index (χ3v) is 3.41. The van der Waals surface area contributed by atoms with E-state index >= 15 is 0 Å². The van der Waals surface area contributed by atoms with Crippen LogP contribution in [0.3, 0.4) is 0 Å². The van der Waals surface area contributed by atoms with E-state index in [0.717, 1.165) is 11.4 Å². The van der Waals surface area contributed by atoms with E-state index in [9.17, 15) is 9.59 Å². The van der Waals surface area contributed by atoms with E-state index in [0.29, 0.717) is 18.0 Å².